The van der Waals surface area contributed by atoms with Crippen molar-refractivity contribution in [2.75, 3.05) is 6.54 Å². The number of carbonyl (C=O) groups excluding carboxylic acids is 1. The third-order valence-corrected chi connectivity index (χ3v) is 3.55. The summed E-state index contributed by atoms with van der Waals surface area (Å²) in [6.45, 7) is 1.03. The number of nitrogens with zero attached hydrogens (tertiary/aromatic N) is 3. The maximum Gasteiger partial charge on any atom is 0.339 e. The third-order valence-electron chi connectivity index (χ3n) is 3.55. The minimum atomic E-state index is -0.998. The molecule has 0 bridgehead atoms. The fraction of sp³-hybridized carbons (Fsp3) is 0.615. The number of aromatic carboxylic acids is 1. The predicted molar refractivity (Wildman–Crippen MR) is 68.7 cm³/mol. The highest BCUT2D eigenvalue weighted by molar-refractivity contribution is 5.88. The first-order valence-corrected chi connectivity index (χ1v) is 6.61. The highest BCUT2D eigenvalue weighted by atomic mass is 16.4. The number of aromatic nitrogens is 2. The molecule has 6 heteroatoms. The third kappa shape index (κ3) is 3.13. The molecular formula is C13H19N3O3. The number of carboxylic acids is 1. The van der Waals surface area contributed by atoms with Crippen LogP contribution in [0.3, 0.4) is 0 Å². The predicted octanol–water partition coefficient (Wildman–Crippen LogP) is 1.41. The highest BCUT2D eigenvalue weighted by Crippen LogP contribution is 2.16. The van der Waals surface area contributed by atoms with Crippen LogP contribution < -0.4 is 0 Å². The summed E-state index contributed by atoms with van der Waals surface area (Å²) in [5.41, 5.74) is 0.763. The molecule has 1 saturated heterocycles. The van der Waals surface area contributed by atoms with Gasteiger partial charge in [-0.3, -0.25) is 9.48 Å². The summed E-state index contributed by atoms with van der Waals surface area (Å²) >= 11 is 0. The largest absolute Gasteiger partial charge is 0.478 e. The van der Waals surface area contributed by atoms with Gasteiger partial charge in [0.05, 0.1) is 18.4 Å². The molecule has 1 aliphatic rings. The summed E-state index contributed by atoms with van der Waals surface area (Å²) in [6.07, 6.45) is 6.03. The lowest BCUT2D eigenvalue weighted by Gasteiger charge is -2.25. The van der Waals surface area contributed by atoms with E-state index in [1.165, 1.54) is 10.9 Å². The molecule has 19 heavy (non-hydrogen) atoms. The topological polar surface area (TPSA) is 75.4 Å². The summed E-state index contributed by atoms with van der Waals surface area (Å²) in [4.78, 5) is 24.9. The van der Waals surface area contributed by atoms with E-state index in [0.29, 0.717) is 25.2 Å². The lowest BCUT2D eigenvalue weighted by molar-refractivity contribution is -0.132. The molecule has 0 spiro atoms. The van der Waals surface area contributed by atoms with E-state index < -0.39 is 5.97 Å². The Balaban J connectivity index is 2.16. The molecule has 2 heterocycles. The Morgan fingerprint density at radius 2 is 2.11 bits per heavy atom. The van der Waals surface area contributed by atoms with E-state index in [1.807, 2.05) is 0 Å². The molecule has 6 nitrogen and oxygen atoms in total. The zero-order chi connectivity index (χ0) is 13.8. The SMILES string of the molecule is Cn1ncc(C(=O)O)c1CN1CCCCCCC1=O. The van der Waals surface area contributed by atoms with Crippen molar-refractivity contribution < 1.29 is 14.7 Å². The van der Waals surface area contributed by atoms with Crippen LogP contribution in [-0.4, -0.2) is 38.2 Å². The molecular weight excluding hydrogens is 246 g/mol. The van der Waals surface area contributed by atoms with Gasteiger partial charge in [0.25, 0.3) is 0 Å². The molecule has 104 valence electrons. The first-order chi connectivity index (χ1) is 9.09. The summed E-state index contributed by atoms with van der Waals surface area (Å²) in [5.74, 6) is -0.889. The van der Waals surface area contributed by atoms with Gasteiger partial charge in [0.1, 0.15) is 5.56 Å². The smallest absolute Gasteiger partial charge is 0.339 e. The fourth-order valence-electron chi connectivity index (χ4n) is 2.39. The lowest BCUT2D eigenvalue weighted by Crippen LogP contribution is -2.33. The Morgan fingerprint density at radius 3 is 2.84 bits per heavy atom. The summed E-state index contributed by atoms with van der Waals surface area (Å²) in [7, 11) is 1.70. The van der Waals surface area contributed by atoms with Crippen LogP contribution >= 0.6 is 0 Å². The van der Waals surface area contributed by atoms with Gasteiger partial charge < -0.3 is 10.0 Å². The van der Waals surface area contributed by atoms with E-state index in [9.17, 15) is 9.59 Å². The number of hydrogen-bond acceptors (Lipinski definition) is 3. The molecule has 0 radical (unpaired) electrons. The number of amides is 1. The van der Waals surface area contributed by atoms with Gasteiger partial charge in [-0.25, -0.2) is 4.79 Å². The molecule has 2 rings (SSSR count). The number of hydrogen-bond donors (Lipinski definition) is 1. The summed E-state index contributed by atoms with van der Waals surface area (Å²) in [5, 5.41) is 13.1. The van der Waals surface area contributed by atoms with Crippen LogP contribution in [0.2, 0.25) is 0 Å². The molecule has 0 aliphatic carbocycles. The molecule has 1 N–H and O–H groups in total. The Kier molecular flexibility index (Phi) is 4.19. The highest BCUT2D eigenvalue weighted by Gasteiger charge is 2.21. The molecule has 1 fully saturated rings. The second-order valence-electron chi connectivity index (χ2n) is 4.91. The average molecular weight is 265 g/mol. The Hall–Kier alpha value is -1.85. The zero-order valence-electron chi connectivity index (χ0n) is 11.1. The van der Waals surface area contributed by atoms with Crippen molar-refractivity contribution in [2.24, 2.45) is 7.05 Å². The van der Waals surface area contributed by atoms with Crippen molar-refractivity contribution in [3.05, 3.63) is 17.5 Å². The van der Waals surface area contributed by atoms with Crippen LogP contribution in [0.5, 0.6) is 0 Å². The van der Waals surface area contributed by atoms with Crippen LogP contribution in [-0.2, 0) is 18.4 Å². The maximum absolute atomic E-state index is 12.0. The van der Waals surface area contributed by atoms with Crippen molar-refractivity contribution >= 4 is 11.9 Å². The van der Waals surface area contributed by atoms with E-state index >= 15 is 0 Å². The molecule has 1 aliphatic heterocycles. The van der Waals surface area contributed by atoms with Gasteiger partial charge in [-0.2, -0.15) is 5.10 Å². The van der Waals surface area contributed by atoms with Gasteiger partial charge in [-0.15, -0.1) is 0 Å². The Bertz CT molecular complexity index is 481. The maximum atomic E-state index is 12.0. The monoisotopic (exact) mass is 265 g/mol. The van der Waals surface area contributed by atoms with E-state index in [2.05, 4.69) is 5.10 Å². The van der Waals surface area contributed by atoms with Gasteiger partial charge in [-0.05, 0) is 12.8 Å². The van der Waals surface area contributed by atoms with Crippen LogP contribution in [0.1, 0.15) is 48.2 Å². The van der Waals surface area contributed by atoms with E-state index in [-0.39, 0.29) is 11.5 Å². The van der Waals surface area contributed by atoms with Crippen molar-refractivity contribution in [2.45, 2.75) is 38.6 Å². The number of aryl methyl sites for hydroxylation is 1. The van der Waals surface area contributed by atoms with Gasteiger partial charge in [-0.1, -0.05) is 12.8 Å². The number of rotatable bonds is 3. The molecule has 0 saturated carbocycles. The first-order valence-electron chi connectivity index (χ1n) is 6.61. The summed E-state index contributed by atoms with van der Waals surface area (Å²) < 4.78 is 1.54. The number of carbonyl (C=O) groups is 2. The molecule has 1 aromatic rings. The molecule has 1 amide bonds. The minimum absolute atomic E-state index is 0.109. The Morgan fingerprint density at radius 1 is 1.37 bits per heavy atom. The van der Waals surface area contributed by atoms with Crippen LogP contribution in [0.4, 0.5) is 0 Å². The van der Waals surface area contributed by atoms with Crippen LogP contribution in [0, 0.1) is 0 Å². The van der Waals surface area contributed by atoms with E-state index in [4.69, 9.17) is 5.11 Å². The van der Waals surface area contributed by atoms with Gasteiger partial charge >= 0.3 is 5.97 Å². The van der Waals surface area contributed by atoms with Crippen LogP contribution in [0.15, 0.2) is 6.20 Å². The number of carboxylic acid groups (broad SMARTS) is 1. The molecule has 0 aromatic carbocycles. The van der Waals surface area contributed by atoms with Crippen molar-refractivity contribution in [1.82, 2.24) is 14.7 Å². The summed E-state index contributed by atoms with van der Waals surface area (Å²) in [6, 6.07) is 0. The fourth-order valence-corrected chi connectivity index (χ4v) is 2.39. The van der Waals surface area contributed by atoms with Crippen molar-refractivity contribution in [3.8, 4) is 0 Å². The average Bonchev–Trinajstić information content (AvgIpc) is 2.71. The lowest BCUT2D eigenvalue weighted by atomic mass is 10.1. The van der Waals surface area contributed by atoms with Crippen LogP contribution in [0.25, 0.3) is 0 Å². The quantitative estimate of drug-likeness (QED) is 0.896. The molecule has 1 aromatic heterocycles. The number of likely N-dealkylation sites (tertiary alicyclic amines) is 1. The second kappa shape index (κ2) is 5.86. The van der Waals surface area contributed by atoms with Gasteiger partial charge in [0.2, 0.25) is 5.91 Å². The van der Waals surface area contributed by atoms with E-state index in [0.717, 1.165) is 25.7 Å². The van der Waals surface area contributed by atoms with E-state index in [1.54, 1.807) is 11.9 Å². The van der Waals surface area contributed by atoms with Crippen molar-refractivity contribution in [1.29, 1.82) is 0 Å². The minimum Gasteiger partial charge on any atom is -0.478 e. The Labute approximate surface area is 112 Å². The zero-order valence-corrected chi connectivity index (χ0v) is 11.1. The normalized spacial score (nSPS) is 17.1. The molecule has 0 atom stereocenters. The standard InChI is InChI=1S/C13H19N3O3/c1-15-11(10(8-14-15)13(18)19)9-16-7-5-3-2-4-6-12(16)17/h8H,2-7,9H2,1H3,(H,18,19). The van der Waals surface area contributed by atoms with Gasteiger partial charge in [0.15, 0.2) is 0 Å². The van der Waals surface area contributed by atoms with Gasteiger partial charge in [0, 0.05) is 20.0 Å². The second-order valence-corrected chi connectivity index (χ2v) is 4.91. The van der Waals surface area contributed by atoms with Crippen molar-refractivity contribution in [3.63, 3.8) is 0 Å². The molecule has 0 unspecified atom stereocenters. The first kappa shape index (κ1) is 13.6.